The molecule has 0 fully saturated rings. The number of nitrogens with one attached hydrogen (secondary N) is 1. The molecule has 0 saturated carbocycles. The summed E-state index contributed by atoms with van der Waals surface area (Å²) >= 11 is 0. The normalized spacial score (nSPS) is 12.5. The van der Waals surface area contributed by atoms with E-state index in [0.717, 1.165) is 13.1 Å². The van der Waals surface area contributed by atoms with Crippen molar-refractivity contribution in [1.82, 2.24) is 9.88 Å². The average Bonchev–Trinajstić information content (AvgIpc) is 2.92. The van der Waals surface area contributed by atoms with Crippen molar-refractivity contribution >= 4 is 0 Å². The van der Waals surface area contributed by atoms with Crippen molar-refractivity contribution < 1.29 is 0 Å². The fourth-order valence-electron chi connectivity index (χ4n) is 2.24. The van der Waals surface area contributed by atoms with Gasteiger partial charge in [-0.25, -0.2) is 0 Å². The molecule has 0 bridgehead atoms. The lowest BCUT2D eigenvalue weighted by molar-refractivity contribution is 0.626. The summed E-state index contributed by atoms with van der Waals surface area (Å²) in [6.07, 6.45) is 6.92. The SMILES string of the molecule is CCCCNCc1ccn(C(C)c2ccccc2)c1. The van der Waals surface area contributed by atoms with E-state index in [9.17, 15) is 0 Å². The van der Waals surface area contributed by atoms with E-state index >= 15 is 0 Å². The van der Waals surface area contributed by atoms with Gasteiger partial charge in [-0.2, -0.15) is 0 Å². The molecule has 0 aliphatic carbocycles. The van der Waals surface area contributed by atoms with Crippen molar-refractivity contribution in [2.24, 2.45) is 0 Å². The van der Waals surface area contributed by atoms with Crippen LogP contribution >= 0.6 is 0 Å². The Labute approximate surface area is 116 Å². The summed E-state index contributed by atoms with van der Waals surface area (Å²) in [7, 11) is 0. The molecule has 0 spiro atoms. The van der Waals surface area contributed by atoms with E-state index in [1.807, 2.05) is 0 Å². The highest BCUT2D eigenvalue weighted by atomic mass is 15.0. The Hall–Kier alpha value is -1.54. The lowest BCUT2D eigenvalue weighted by Gasteiger charge is -2.13. The summed E-state index contributed by atoms with van der Waals surface area (Å²) in [5.41, 5.74) is 2.71. The van der Waals surface area contributed by atoms with Gasteiger partial charge in [0.15, 0.2) is 0 Å². The van der Waals surface area contributed by atoms with Crippen LogP contribution in [-0.2, 0) is 6.54 Å². The van der Waals surface area contributed by atoms with Crippen LogP contribution in [-0.4, -0.2) is 11.1 Å². The number of nitrogens with zero attached hydrogens (tertiary/aromatic N) is 1. The Morgan fingerprint density at radius 1 is 1.16 bits per heavy atom. The number of rotatable bonds is 7. The number of aromatic nitrogens is 1. The van der Waals surface area contributed by atoms with Gasteiger partial charge in [0.25, 0.3) is 0 Å². The minimum atomic E-state index is 0.394. The molecule has 2 heteroatoms. The highest BCUT2D eigenvalue weighted by Gasteiger charge is 2.06. The maximum atomic E-state index is 3.48. The molecule has 1 atom stereocenters. The largest absolute Gasteiger partial charge is 0.347 e. The van der Waals surface area contributed by atoms with Crippen LogP contribution in [0.2, 0.25) is 0 Å². The molecule has 1 heterocycles. The molecule has 1 aromatic carbocycles. The second kappa shape index (κ2) is 7.15. The van der Waals surface area contributed by atoms with Crippen molar-refractivity contribution in [3.05, 3.63) is 59.9 Å². The molecule has 2 nitrogen and oxygen atoms in total. The maximum absolute atomic E-state index is 3.48. The van der Waals surface area contributed by atoms with Gasteiger partial charge in [0.05, 0.1) is 6.04 Å². The zero-order valence-corrected chi connectivity index (χ0v) is 12.0. The summed E-state index contributed by atoms with van der Waals surface area (Å²) in [5.74, 6) is 0. The summed E-state index contributed by atoms with van der Waals surface area (Å²) in [4.78, 5) is 0. The quantitative estimate of drug-likeness (QED) is 0.741. The summed E-state index contributed by atoms with van der Waals surface area (Å²) in [6.45, 7) is 6.54. The fraction of sp³-hybridized carbons (Fsp3) is 0.412. The zero-order valence-electron chi connectivity index (χ0n) is 12.0. The smallest absolute Gasteiger partial charge is 0.0551 e. The Kier molecular flexibility index (Phi) is 5.22. The molecule has 2 aromatic rings. The minimum absolute atomic E-state index is 0.394. The molecule has 19 heavy (non-hydrogen) atoms. The van der Waals surface area contributed by atoms with Crippen molar-refractivity contribution in [3.8, 4) is 0 Å². The first-order valence-electron chi connectivity index (χ1n) is 7.23. The van der Waals surface area contributed by atoms with Crippen LogP contribution in [0.1, 0.15) is 43.9 Å². The van der Waals surface area contributed by atoms with Crippen LogP contribution in [0.15, 0.2) is 48.8 Å². The standard InChI is InChI=1S/C17H24N2/c1-3-4-11-18-13-16-10-12-19(14-16)15(2)17-8-6-5-7-9-17/h5-10,12,14-15,18H,3-4,11,13H2,1-2H3. The topological polar surface area (TPSA) is 17.0 Å². The van der Waals surface area contributed by atoms with E-state index in [2.05, 4.69) is 72.5 Å². The van der Waals surface area contributed by atoms with Crippen LogP contribution in [0.4, 0.5) is 0 Å². The number of benzene rings is 1. The van der Waals surface area contributed by atoms with E-state index in [1.54, 1.807) is 0 Å². The second-order valence-corrected chi connectivity index (χ2v) is 5.08. The van der Waals surface area contributed by atoms with Gasteiger partial charge in [-0.05, 0) is 37.1 Å². The average molecular weight is 256 g/mol. The zero-order chi connectivity index (χ0) is 13.5. The molecule has 1 unspecified atom stereocenters. The third-order valence-corrected chi connectivity index (χ3v) is 3.54. The molecule has 0 amide bonds. The summed E-state index contributed by atoms with van der Waals surface area (Å²) < 4.78 is 2.28. The monoisotopic (exact) mass is 256 g/mol. The van der Waals surface area contributed by atoms with Crippen LogP contribution in [0.5, 0.6) is 0 Å². The van der Waals surface area contributed by atoms with Gasteiger partial charge in [-0.15, -0.1) is 0 Å². The van der Waals surface area contributed by atoms with Crippen molar-refractivity contribution in [2.75, 3.05) is 6.54 Å². The van der Waals surface area contributed by atoms with Crippen molar-refractivity contribution in [3.63, 3.8) is 0 Å². The Balaban J connectivity index is 1.93. The third kappa shape index (κ3) is 3.97. The van der Waals surface area contributed by atoms with Gasteiger partial charge in [-0.1, -0.05) is 43.7 Å². The van der Waals surface area contributed by atoms with E-state index < -0.39 is 0 Å². The molecular weight excluding hydrogens is 232 g/mol. The van der Waals surface area contributed by atoms with E-state index in [4.69, 9.17) is 0 Å². The predicted molar refractivity (Wildman–Crippen MR) is 81.3 cm³/mol. The first-order chi connectivity index (χ1) is 9.31. The van der Waals surface area contributed by atoms with E-state index in [1.165, 1.54) is 24.0 Å². The van der Waals surface area contributed by atoms with E-state index in [-0.39, 0.29) is 0 Å². The van der Waals surface area contributed by atoms with Crippen LogP contribution < -0.4 is 5.32 Å². The lowest BCUT2D eigenvalue weighted by Crippen LogP contribution is -2.14. The number of hydrogen-bond donors (Lipinski definition) is 1. The molecule has 0 aliphatic heterocycles. The third-order valence-electron chi connectivity index (χ3n) is 3.54. The molecule has 102 valence electrons. The van der Waals surface area contributed by atoms with Crippen molar-refractivity contribution in [2.45, 2.75) is 39.3 Å². The van der Waals surface area contributed by atoms with Gasteiger partial charge in [-0.3, -0.25) is 0 Å². The molecular formula is C17H24N2. The van der Waals surface area contributed by atoms with Crippen LogP contribution in [0.25, 0.3) is 0 Å². The minimum Gasteiger partial charge on any atom is -0.347 e. The first kappa shape index (κ1) is 13.9. The lowest BCUT2D eigenvalue weighted by atomic mass is 10.1. The number of unbranched alkanes of at least 4 members (excludes halogenated alkanes) is 1. The van der Waals surface area contributed by atoms with Gasteiger partial charge in [0.1, 0.15) is 0 Å². The van der Waals surface area contributed by atoms with Crippen LogP contribution in [0.3, 0.4) is 0 Å². The molecule has 1 aromatic heterocycles. The second-order valence-electron chi connectivity index (χ2n) is 5.08. The molecule has 2 rings (SSSR count). The summed E-state index contributed by atoms with van der Waals surface area (Å²) in [5, 5.41) is 3.48. The molecule has 0 saturated heterocycles. The summed E-state index contributed by atoms with van der Waals surface area (Å²) in [6, 6.07) is 13.2. The Bertz CT molecular complexity index is 473. The van der Waals surface area contributed by atoms with Gasteiger partial charge < -0.3 is 9.88 Å². The highest BCUT2D eigenvalue weighted by Crippen LogP contribution is 2.18. The molecule has 1 N–H and O–H groups in total. The van der Waals surface area contributed by atoms with Crippen LogP contribution in [0, 0.1) is 0 Å². The fourth-order valence-corrected chi connectivity index (χ4v) is 2.24. The number of hydrogen-bond acceptors (Lipinski definition) is 1. The molecule has 0 radical (unpaired) electrons. The predicted octanol–water partition coefficient (Wildman–Crippen LogP) is 3.99. The molecule has 0 aliphatic rings. The maximum Gasteiger partial charge on any atom is 0.0551 e. The van der Waals surface area contributed by atoms with E-state index in [0.29, 0.717) is 6.04 Å². The highest BCUT2D eigenvalue weighted by molar-refractivity contribution is 5.21. The van der Waals surface area contributed by atoms with Crippen molar-refractivity contribution in [1.29, 1.82) is 0 Å². The Morgan fingerprint density at radius 3 is 2.68 bits per heavy atom. The Morgan fingerprint density at radius 2 is 1.95 bits per heavy atom. The van der Waals surface area contributed by atoms with Gasteiger partial charge >= 0.3 is 0 Å². The first-order valence-corrected chi connectivity index (χ1v) is 7.23. The van der Waals surface area contributed by atoms with Gasteiger partial charge in [0.2, 0.25) is 0 Å². The van der Waals surface area contributed by atoms with Gasteiger partial charge in [0, 0.05) is 18.9 Å².